The van der Waals surface area contributed by atoms with E-state index >= 15 is 0 Å². The van der Waals surface area contributed by atoms with Crippen LogP contribution in [0.4, 0.5) is 0 Å². The van der Waals surface area contributed by atoms with E-state index in [-0.39, 0.29) is 0 Å². The van der Waals surface area contributed by atoms with E-state index in [1.165, 1.54) is 34.5 Å². The van der Waals surface area contributed by atoms with E-state index in [4.69, 9.17) is 9.05 Å². The molecule has 0 saturated carbocycles. The minimum Gasteiger partial charge on any atom is -0.321 e. The second-order valence-corrected chi connectivity index (χ2v) is 10.5. The minimum atomic E-state index is -0.666. The number of hydrogen-bond acceptors (Lipinski definition) is 6. The highest BCUT2D eigenvalue weighted by atomic mass is 32.7. The second kappa shape index (κ2) is 6.27. The maximum absolute atomic E-state index is 6.07. The van der Waals surface area contributed by atoms with Gasteiger partial charge in [-0.2, -0.15) is 35.3 Å². The molecule has 3 fully saturated rings. The lowest BCUT2D eigenvalue weighted by atomic mass is 10.5. The molecule has 3 rings (SSSR count). The van der Waals surface area contributed by atoms with E-state index in [9.17, 15) is 0 Å². The fraction of sp³-hybridized carbons (Fsp3) is 1.00. The molecular weight excluding hydrogens is 299 g/mol. The van der Waals surface area contributed by atoms with Crippen LogP contribution in [0.3, 0.4) is 0 Å². The van der Waals surface area contributed by atoms with Gasteiger partial charge in [-0.1, -0.05) is 11.4 Å². The lowest BCUT2D eigenvalue weighted by molar-refractivity contribution is 0.186. The Hall–Kier alpha value is 1.75. The van der Waals surface area contributed by atoms with Gasteiger partial charge in [0.15, 0.2) is 0 Å². The van der Waals surface area contributed by atoms with Crippen molar-refractivity contribution in [3.63, 3.8) is 0 Å². The molecule has 0 N–H and O–H groups in total. The molecular formula is C9H15O2PS4. The Bertz CT molecular complexity index is 196. The molecule has 0 aromatic heterocycles. The van der Waals surface area contributed by atoms with E-state index in [0.717, 1.165) is 5.25 Å². The summed E-state index contributed by atoms with van der Waals surface area (Å²) in [5.41, 5.74) is 0. The van der Waals surface area contributed by atoms with Crippen molar-refractivity contribution in [1.82, 2.24) is 0 Å². The van der Waals surface area contributed by atoms with Gasteiger partial charge in [0.05, 0.1) is 12.2 Å². The van der Waals surface area contributed by atoms with Gasteiger partial charge in [-0.05, 0) is 0 Å². The summed E-state index contributed by atoms with van der Waals surface area (Å²) >= 11 is 7.96. The van der Waals surface area contributed by atoms with Crippen LogP contribution >= 0.6 is 54.2 Å². The molecule has 0 radical (unpaired) electrons. The molecule has 0 bridgehead atoms. The van der Waals surface area contributed by atoms with Crippen LogP contribution in [0.2, 0.25) is 0 Å². The standard InChI is InChI=1S/C9H15O2PS4/c1-7(2-13-1)10-12(11-8-3-14-4-8)16-9-5-15-6-9/h7-9H,1-6H2. The zero-order chi connectivity index (χ0) is 10.8. The predicted molar refractivity (Wildman–Crippen MR) is 80.0 cm³/mol. The van der Waals surface area contributed by atoms with Gasteiger partial charge in [0.25, 0.3) is 0 Å². The first-order valence-corrected chi connectivity index (χ1v) is 11.6. The Morgan fingerprint density at radius 2 is 1.31 bits per heavy atom. The Balaban J connectivity index is 1.44. The summed E-state index contributed by atoms with van der Waals surface area (Å²) in [4.78, 5) is 0. The summed E-state index contributed by atoms with van der Waals surface area (Å²) in [5, 5.41) is 0.788. The maximum atomic E-state index is 6.07. The third-order valence-electron chi connectivity index (χ3n) is 2.53. The molecule has 3 aliphatic rings. The number of hydrogen-bond donors (Lipinski definition) is 0. The highest BCUT2D eigenvalue weighted by molar-refractivity contribution is 8.53. The molecule has 0 unspecified atom stereocenters. The third-order valence-corrected chi connectivity index (χ3v) is 10.3. The smallest absolute Gasteiger partial charge is 0.239 e. The fourth-order valence-corrected chi connectivity index (χ4v) is 8.32. The van der Waals surface area contributed by atoms with Crippen molar-refractivity contribution in [3.05, 3.63) is 0 Å². The minimum absolute atomic E-state index is 0.476. The predicted octanol–water partition coefficient (Wildman–Crippen LogP) is 3.33. The van der Waals surface area contributed by atoms with Crippen LogP contribution in [-0.4, -0.2) is 52.0 Å². The zero-order valence-corrected chi connectivity index (χ0v) is 13.0. The van der Waals surface area contributed by atoms with Crippen molar-refractivity contribution in [2.24, 2.45) is 0 Å². The van der Waals surface area contributed by atoms with Crippen molar-refractivity contribution in [2.45, 2.75) is 17.5 Å². The van der Waals surface area contributed by atoms with Gasteiger partial charge in [-0.15, -0.1) is 0 Å². The third kappa shape index (κ3) is 3.40. The van der Waals surface area contributed by atoms with Gasteiger partial charge in [0.1, 0.15) is 0 Å². The molecule has 0 aromatic carbocycles. The topological polar surface area (TPSA) is 18.5 Å². The fourth-order valence-electron chi connectivity index (χ4n) is 1.26. The van der Waals surface area contributed by atoms with Gasteiger partial charge in [0.2, 0.25) is 7.58 Å². The summed E-state index contributed by atoms with van der Waals surface area (Å²) in [7, 11) is -0.666. The zero-order valence-electron chi connectivity index (χ0n) is 8.87. The Morgan fingerprint density at radius 3 is 1.62 bits per heavy atom. The monoisotopic (exact) mass is 314 g/mol. The molecule has 7 heteroatoms. The van der Waals surface area contributed by atoms with Gasteiger partial charge < -0.3 is 9.05 Å². The molecule has 0 spiro atoms. The number of rotatable bonds is 6. The molecule has 3 aliphatic heterocycles. The summed E-state index contributed by atoms with van der Waals surface area (Å²) in [6.45, 7) is 0. The highest BCUT2D eigenvalue weighted by Crippen LogP contribution is 2.59. The lowest BCUT2D eigenvalue weighted by Crippen LogP contribution is -2.30. The summed E-state index contributed by atoms with van der Waals surface area (Å²) in [6.07, 6.45) is 0.952. The molecule has 3 heterocycles. The van der Waals surface area contributed by atoms with Crippen molar-refractivity contribution in [3.8, 4) is 0 Å². The van der Waals surface area contributed by atoms with Crippen molar-refractivity contribution < 1.29 is 9.05 Å². The molecule has 0 amide bonds. The molecule has 2 nitrogen and oxygen atoms in total. The van der Waals surface area contributed by atoms with Gasteiger partial charge in [0, 0.05) is 39.8 Å². The van der Waals surface area contributed by atoms with E-state index in [1.54, 1.807) is 0 Å². The highest BCUT2D eigenvalue weighted by Gasteiger charge is 2.33. The molecule has 3 saturated heterocycles. The van der Waals surface area contributed by atoms with Crippen molar-refractivity contribution >= 4 is 54.2 Å². The summed E-state index contributed by atoms with van der Waals surface area (Å²) in [5.74, 6) is 7.25. The second-order valence-electron chi connectivity index (χ2n) is 4.02. The van der Waals surface area contributed by atoms with Crippen LogP contribution < -0.4 is 0 Å². The van der Waals surface area contributed by atoms with Crippen LogP contribution in [0.25, 0.3) is 0 Å². The molecule has 0 aliphatic carbocycles. The Labute approximate surface area is 115 Å². The van der Waals surface area contributed by atoms with E-state index in [0.29, 0.717) is 12.2 Å². The summed E-state index contributed by atoms with van der Waals surface area (Å²) in [6, 6.07) is 0. The van der Waals surface area contributed by atoms with Crippen LogP contribution in [0.5, 0.6) is 0 Å². The average Bonchev–Trinajstić information content (AvgIpc) is 2.08. The first-order valence-electron chi connectivity index (χ1n) is 5.44. The quantitative estimate of drug-likeness (QED) is 0.695. The Morgan fingerprint density at radius 1 is 0.812 bits per heavy atom. The van der Waals surface area contributed by atoms with Crippen LogP contribution in [0.15, 0.2) is 0 Å². The van der Waals surface area contributed by atoms with Gasteiger partial charge >= 0.3 is 0 Å². The van der Waals surface area contributed by atoms with E-state index < -0.39 is 7.58 Å². The molecule has 16 heavy (non-hydrogen) atoms. The molecule has 0 aromatic rings. The molecule has 0 atom stereocenters. The van der Waals surface area contributed by atoms with E-state index in [1.807, 2.05) is 46.7 Å². The first-order chi connectivity index (χ1) is 7.90. The number of thioether (sulfide) groups is 3. The van der Waals surface area contributed by atoms with Gasteiger partial charge in [-0.3, -0.25) is 0 Å². The van der Waals surface area contributed by atoms with Gasteiger partial charge in [-0.25, -0.2) is 0 Å². The maximum Gasteiger partial charge on any atom is 0.239 e. The molecule has 92 valence electrons. The van der Waals surface area contributed by atoms with E-state index in [2.05, 4.69) is 0 Å². The Kier molecular flexibility index (Phi) is 5.00. The average molecular weight is 314 g/mol. The normalized spacial score (nSPS) is 27.6. The SMILES string of the molecule is C1SCC1OP(OC1CSC1)SC1CSC1. The summed E-state index contributed by atoms with van der Waals surface area (Å²) < 4.78 is 12.1. The van der Waals surface area contributed by atoms with Crippen LogP contribution in [0.1, 0.15) is 0 Å². The van der Waals surface area contributed by atoms with Crippen molar-refractivity contribution in [2.75, 3.05) is 34.5 Å². The van der Waals surface area contributed by atoms with Crippen LogP contribution in [0, 0.1) is 0 Å². The first kappa shape index (κ1) is 12.8. The lowest BCUT2D eigenvalue weighted by Gasteiger charge is -2.35. The largest absolute Gasteiger partial charge is 0.321 e. The van der Waals surface area contributed by atoms with Crippen molar-refractivity contribution in [1.29, 1.82) is 0 Å². The van der Waals surface area contributed by atoms with Crippen LogP contribution in [-0.2, 0) is 9.05 Å².